The topological polar surface area (TPSA) is 24.9 Å². The lowest BCUT2D eigenvalue weighted by Crippen LogP contribution is -2.53. The Hall–Kier alpha value is -1.10. The fourth-order valence-corrected chi connectivity index (χ4v) is 3.29. The van der Waals surface area contributed by atoms with Gasteiger partial charge in [0.05, 0.1) is 13.2 Å². The third-order valence-corrected chi connectivity index (χ3v) is 4.54. The lowest BCUT2D eigenvalue weighted by atomic mass is 10.1. The summed E-state index contributed by atoms with van der Waals surface area (Å²) in [6.07, 6.45) is 2.20. The minimum absolute atomic E-state index is 0.0228. The third-order valence-electron chi connectivity index (χ3n) is 4.54. The van der Waals surface area contributed by atoms with Crippen molar-refractivity contribution in [2.24, 2.45) is 0 Å². The Kier molecular flexibility index (Phi) is 5.12. The van der Waals surface area contributed by atoms with E-state index < -0.39 is 0 Å². The van der Waals surface area contributed by atoms with Crippen molar-refractivity contribution in [1.82, 2.24) is 4.90 Å². The second-order valence-electron chi connectivity index (χ2n) is 5.84. The molecule has 1 aromatic carbocycles. The minimum Gasteiger partial charge on any atom is -0.369 e. The smallest absolute Gasteiger partial charge is 0.159 e. The van der Waals surface area contributed by atoms with Crippen LogP contribution in [0.15, 0.2) is 30.3 Å². The SMILES string of the molecule is CC[C@@H]1CN(c2ccccc2)CCN1CCC1OCCO1. The van der Waals surface area contributed by atoms with Gasteiger partial charge < -0.3 is 14.4 Å². The van der Waals surface area contributed by atoms with Gasteiger partial charge in [0.15, 0.2) is 6.29 Å². The van der Waals surface area contributed by atoms with Crippen LogP contribution in [0, 0.1) is 0 Å². The molecule has 2 aliphatic heterocycles. The summed E-state index contributed by atoms with van der Waals surface area (Å²) in [4.78, 5) is 5.11. The van der Waals surface area contributed by atoms with Crippen LogP contribution >= 0.6 is 0 Å². The Morgan fingerprint density at radius 2 is 1.86 bits per heavy atom. The Morgan fingerprint density at radius 3 is 2.57 bits per heavy atom. The Labute approximate surface area is 127 Å². The molecule has 0 unspecified atom stereocenters. The number of rotatable bonds is 5. The monoisotopic (exact) mass is 290 g/mol. The molecule has 21 heavy (non-hydrogen) atoms. The van der Waals surface area contributed by atoms with Gasteiger partial charge in [-0.25, -0.2) is 0 Å². The molecule has 4 nitrogen and oxygen atoms in total. The molecule has 2 heterocycles. The molecule has 0 aliphatic carbocycles. The molecule has 1 atom stereocenters. The number of nitrogens with zero attached hydrogens (tertiary/aromatic N) is 2. The van der Waals surface area contributed by atoms with E-state index in [2.05, 4.69) is 47.1 Å². The Bertz CT molecular complexity index is 420. The number of para-hydroxylation sites is 1. The molecule has 0 radical (unpaired) electrons. The summed E-state index contributed by atoms with van der Waals surface area (Å²) in [5.74, 6) is 0. The van der Waals surface area contributed by atoms with Crippen LogP contribution in [0.25, 0.3) is 0 Å². The van der Waals surface area contributed by atoms with E-state index in [9.17, 15) is 0 Å². The molecule has 0 spiro atoms. The maximum absolute atomic E-state index is 5.54. The van der Waals surface area contributed by atoms with Crippen LogP contribution in [0.2, 0.25) is 0 Å². The number of ether oxygens (including phenoxy) is 2. The molecule has 0 aromatic heterocycles. The summed E-state index contributed by atoms with van der Waals surface area (Å²) in [6, 6.07) is 11.4. The molecule has 0 amide bonds. The van der Waals surface area contributed by atoms with Gasteiger partial charge in [0.1, 0.15) is 0 Å². The highest BCUT2D eigenvalue weighted by atomic mass is 16.7. The maximum atomic E-state index is 5.54. The van der Waals surface area contributed by atoms with E-state index in [0.717, 1.165) is 45.8 Å². The van der Waals surface area contributed by atoms with Gasteiger partial charge in [-0.1, -0.05) is 25.1 Å². The fraction of sp³-hybridized carbons (Fsp3) is 0.647. The number of benzene rings is 1. The lowest BCUT2D eigenvalue weighted by Gasteiger charge is -2.42. The quantitative estimate of drug-likeness (QED) is 0.831. The normalized spacial score (nSPS) is 24.6. The minimum atomic E-state index is 0.0228. The van der Waals surface area contributed by atoms with E-state index >= 15 is 0 Å². The highest BCUT2D eigenvalue weighted by molar-refractivity contribution is 5.46. The highest BCUT2D eigenvalue weighted by Gasteiger charge is 2.27. The first-order valence-electron chi connectivity index (χ1n) is 8.14. The average molecular weight is 290 g/mol. The second-order valence-corrected chi connectivity index (χ2v) is 5.84. The Balaban J connectivity index is 1.53. The van der Waals surface area contributed by atoms with Crippen molar-refractivity contribution in [2.75, 3.05) is 44.3 Å². The van der Waals surface area contributed by atoms with Crippen molar-refractivity contribution in [2.45, 2.75) is 32.1 Å². The molecule has 1 aromatic rings. The summed E-state index contributed by atoms with van der Waals surface area (Å²) in [7, 11) is 0. The van der Waals surface area contributed by atoms with Gasteiger partial charge >= 0.3 is 0 Å². The van der Waals surface area contributed by atoms with Gasteiger partial charge in [0.2, 0.25) is 0 Å². The molecule has 0 bridgehead atoms. The molecule has 116 valence electrons. The van der Waals surface area contributed by atoms with E-state index in [1.54, 1.807) is 0 Å². The first kappa shape index (κ1) is 14.8. The van der Waals surface area contributed by atoms with Crippen LogP contribution in [0.1, 0.15) is 19.8 Å². The molecule has 0 saturated carbocycles. The van der Waals surface area contributed by atoms with Crippen molar-refractivity contribution in [1.29, 1.82) is 0 Å². The van der Waals surface area contributed by atoms with Crippen molar-refractivity contribution in [3.8, 4) is 0 Å². The standard InChI is InChI=1S/C17H26N2O2/c1-2-15-14-19(16-6-4-3-5-7-16)11-10-18(15)9-8-17-20-12-13-21-17/h3-7,15,17H,2,8-14H2,1H3/t15-/m1/s1. The highest BCUT2D eigenvalue weighted by Crippen LogP contribution is 2.21. The predicted octanol–water partition coefficient (Wildman–Crippen LogP) is 2.35. The summed E-state index contributed by atoms with van der Waals surface area (Å²) < 4.78 is 11.1. The zero-order chi connectivity index (χ0) is 14.5. The predicted molar refractivity (Wildman–Crippen MR) is 84.6 cm³/mol. The van der Waals surface area contributed by atoms with E-state index in [0.29, 0.717) is 6.04 Å². The van der Waals surface area contributed by atoms with E-state index in [4.69, 9.17) is 9.47 Å². The van der Waals surface area contributed by atoms with E-state index in [-0.39, 0.29) is 6.29 Å². The van der Waals surface area contributed by atoms with E-state index in [1.807, 2.05) is 0 Å². The van der Waals surface area contributed by atoms with Crippen molar-refractivity contribution in [3.05, 3.63) is 30.3 Å². The van der Waals surface area contributed by atoms with Gasteiger partial charge in [0, 0.05) is 44.3 Å². The molecule has 2 aliphatic rings. The molecule has 2 saturated heterocycles. The average Bonchev–Trinajstić information content (AvgIpc) is 3.07. The zero-order valence-corrected chi connectivity index (χ0v) is 12.9. The molecule has 3 rings (SSSR count). The van der Waals surface area contributed by atoms with Gasteiger partial charge in [-0.15, -0.1) is 0 Å². The van der Waals surface area contributed by atoms with Gasteiger partial charge in [-0.05, 0) is 18.6 Å². The first-order valence-corrected chi connectivity index (χ1v) is 8.14. The molecule has 4 heteroatoms. The number of hydrogen-bond acceptors (Lipinski definition) is 4. The third kappa shape index (κ3) is 3.76. The maximum Gasteiger partial charge on any atom is 0.159 e. The Morgan fingerprint density at radius 1 is 1.10 bits per heavy atom. The molecule has 2 fully saturated rings. The summed E-state index contributed by atoms with van der Waals surface area (Å²) in [5.41, 5.74) is 1.35. The van der Waals surface area contributed by atoms with Crippen LogP contribution in [0.3, 0.4) is 0 Å². The van der Waals surface area contributed by atoms with Crippen molar-refractivity contribution in [3.63, 3.8) is 0 Å². The summed E-state index contributed by atoms with van der Waals surface area (Å²) in [6.45, 7) is 8.22. The molecular formula is C17H26N2O2. The van der Waals surface area contributed by atoms with Crippen LogP contribution in [-0.4, -0.2) is 56.6 Å². The largest absolute Gasteiger partial charge is 0.369 e. The van der Waals surface area contributed by atoms with Crippen molar-refractivity contribution < 1.29 is 9.47 Å². The fourth-order valence-electron chi connectivity index (χ4n) is 3.29. The zero-order valence-electron chi connectivity index (χ0n) is 12.9. The van der Waals surface area contributed by atoms with Gasteiger partial charge in [-0.3, -0.25) is 4.90 Å². The van der Waals surface area contributed by atoms with Gasteiger partial charge in [-0.2, -0.15) is 0 Å². The number of piperazine rings is 1. The number of anilines is 1. The van der Waals surface area contributed by atoms with Gasteiger partial charge in [0.25, 0.3) is 0 Å². The lowest BCUT2D eigenvalue weighted by molar-refractivity contribution is -0.0539. The molecule has 0 N–H and O–H groups in total. The summed E-state index contributed by atoms with van der Waals surface area (Å²) >= 11 is 0. The van der Waals surface area contributed by atoms with Crippen LogP contribution in [0.5, 0.6) is 0 Å². The van der Waals surface area contributed by atoms with Crippen LogP contribution < -0.4 is 4.90 Å². The van der Waals surface area contributed by atoms with E-state index in [1.165, 1.54) is 12.1 Å². The molecular weight excluding hydrogens is 264 g/mol. The summed E-state index contributed by atoms with van der Waals surface area (Å²) in [5, 5.41) is 0. The van der Waals surface area contributed by atoms with Crippen LogP contribution in [0.4, 0.5) is 5.69 Å². The van der Waals surface area contributed by atoms with Crippen LogP contribution in [-0.2, 0) is 9.47 Å². The first-order chi connectivity index (χ1) is 10.4. The second kappa shape index (κ2) is 7.25. The number of hydrogen-bond donors (Lipinski definition) is 0. The van der Waals surface area contributed by atoms with Crippen molar-refractivity contribution >= 4 is 5.69 Å².